The zero-order valence-electron chi connectivity index (χ0n) is 10.7. The molecule has 0 amide bonds. The fraction of sp³-hybridized carbons (Fsp3) is 1.00. The molecule has 0 bridgehead atoms. The number of hydrogen-bond acceptors (Lipinski definition) is 3. The predicted molar refractivity (Wildman–Crippen MR) is 73.6 cm³/mol. The van der Waals surface area contributed by atoms with Crippen LogP contribution >= 0.6 is 11.8 Å². The molecule has 0 aromatic rings. The van der Waals surface area contributed by atoms with Gasteiger partial charge in [0, 0.05) is 6.54 Å². The molecule has 2 saturated heterocycles. The number of nitrogens with one attached hydrogen (secondary N) is 1. The Kier molecular flexibility index (Phi) is 3.98. The van der Waals surface area contributed by atoms with Crippen molar-refractivity contribution in [3.05, 3.63) is 0 Å². The number of hydrogen-bond donors (Lipinski definition) is 1. The monoisotopic (exact) mass is 255 g/mol. The third-order valence-corrected chi connectivity index (χ3v) is 5.91. The van der Waals surface area contributed by atoms with Crippen molar-refractivity contribution in [1.29, 1.82) is 0 Å². The summed E-state index contributed by atoms with van der Waals surface area (Å²) in [6.45, 7) is 2.29. The van der Waals surface area contributed by atoms with Crippen LogP contribution in [-0.2, 0) is 4.74 Å². The van der Waals surface area contributed by atoms with Crippen molar-refractivity contribution in [1.82, 2.24) is 5.32 Å². The van der Waals surface area contributed by atoms with Crippen LogP contribution in [0.5, 0.6) is 0 Å². The van der Waals surface area contributed by atoms with Crippen LogP contribution in [-0.4, -0.2) is 36.3 Å². The van der Waals surface area contributed by atoms with Crippen molar-refractivity contribution >= 4 is 11.8 Å². The summed E-state index contributed by atoms with van der Waals surface area (Å²) in [7, 11) is 0. The normalized spacial score (nSPS) is 36.0. The van der Waals surface area contributed by atoms with Crippen molar-refractivity contribution in [2.24, 2.45) is 5.92 Å². The molecule has 1 spiro atoms. The Morgan fingerprint density at radius 2 is 2.00 bits per heavy atom. The van der Waals surface area contributed by atoms with E-state index in [9.17, 15) is 0 Å². The van der Waals surface area contributed by atoms with Crippen LogP contribution in [0.15, 0.2) is 0 Å². The van der Waals surface area contributed by atoms with Gasteiger partial charge in [-0.25, -0.2) is 0 Å². The second-order valence-electron chi connectivity index (χ2n) is 6.06. The molecule has 1 aliphatic carbocycles. The zero-order chi connectivity index (χ0) is 11.6. The highest BCUT2D eigenvalue weighted by molar-refractivity contribution is 7.99. The highest BCUT2D eigenvalue weighted by Crippen LogP contribution is 2.43. The fourth-order valence-electron chi connectivity index (χ4n) is 3.62. The van der Waals surface area contributed by atoms with E-state index in [1.165, 1.54) is 63.0 Å². The summed E-state index contributed by atoms with van der Waals surface area (Å²) in [5.74, 6) is 3.65. The average molecular weight is 255 g/mol. The van der Waals surface area contributed by atoms with Gasteiger partial charge in [0.05, 0.1) is 11.7 Å². The molecule has 0 radical (unpaired) electrons. The molecular formula is C14H25NOS. The highest BCUT2D eigenvalue weighted by atomic mass is 32.2. The Labute approximate surface area is 109 Å². The maximum atomic E-state index is 6.31. The van der Waals surface area contributed by atoms with Crippen LogP contribution in [0, 0.1) is 5.92 Å². The number of thioether (sulfide) groups is 1. The van der Waals surface area contributed by atoms with Gasteiger partial charge in [-0.05, 0) is 56.1 Å². The molecular weight excluding hydrogens is 230 g/mol. The summed E-state index contributed by atoms with van der Waals surface area (Å²) in [6, 6.07) is 0. The van der Waals surface area contributed by atoms with Gasteiger partial charge >= 0.3 is 0 Å². The van der Waals surface area contributed by atoms with Crippen LogP contribution in [0.4, 0.5) is 0 Å². The van der Waals surface area contributed by atoms with E-state index in [4.69, 9.17) is 4.74 Å². The quantitative estimate of drug-likeness (QED) is 0.834. The molecule has 2 unspecified atom stereocenters. The summed E-state index contributed by atoms with van der Waals surface area (Å²) in [5, 5.41) is 3.64. The van der Waals surface area contributed by atoms with E-state index >= 15 is 0 Å². The molecule has 2 aliphatic heterocycles. The summed E-state index contributed by atoms with van der Waals surface area (Å²) in [4.78, 5) is 0. The molecule has 0 aromatic heterocycles. The summed E-state index contributed by atoms with van der Waals surface area (Å²) in [5.41, 5.74) is 0.315. The molecule has 3 aliphatic rings. The van der Waals surface area contributed by atoms with Gasteiger partial charge in [0.1, 0.15) is 0 Å². The van der Waals surface area contributed by atoms with Crippen LogP contribution in [0.25, 0.3) is 0 Å². The molecule has 1 saturated carbocycles. The van der Waals surface area contributed by atoms with Crippen LogP contribution in [0.1, 0.15) is 44.9 Å². The first-order valence-electron chi connectivity index (χ1n) is 7.33. The molecule has 3 rings (SSSR count). The Bertz CT molecular complexity index is 247. The van der Waals surface area contributed by atoms with Crippen LogP contribution in [0.3, 0.4) is 0 Å². The van der Waals surface area contributed by atoms with Crippen molar-refractivity contribution in [2.45, 2.75) is 56.7 Å². The second kappa shape index (κ2) is 5.50. The predicted octanol–water partition coefficient (Wildman–Crippen LogP) is 2.82. The van der Waals surface area contributed by atoms with E-state index in [1.807, 2.05) is 0 Å². The summed E-state index contributed by atoms with van der Waals surface area (Å²) in [6.07, 6.45) is 9.94. The fourth-order valence-corrected chi connectivity index (χ4v) is 4.90. The van der Waals surface area contributed by atoms with E-state index in [0.717, 1.165) is 12.5 Å². The van der Waals surface area contributed by atoms with E-state index in [1.54, 1.807) is 0 Å². The van der Waals surface area contributed by atoms with Crippen LogP contribution < -0.4 is 5.32 Å². The maximum absolute atomic E-state index is 6.31. The first kappa shape index (κ1) is 12.3. The Hall–Kier alpha value is 0.270. The molecule has 2 heterocycles. The van der Waals surface area contributed by atoms with E-state index < -0.39 is 0 Å². The average Bonchev–Trinajstić information content (AvgIpc) is 3.04. The smallest absolute Gasteiger partial charge is 0.0708 e. The molecule has 1 N–H and O–H groups in total. The molecule has 17 heavy (non-hydrogen) atoms. The van der Waals surface area contributed by atoms with Gasteiger partial charge < -0.3 is 10.1 Å². The lowest BCUT2D eigenvalue weighted by Crippen LogP contribution is -2.33. The van der Waals surface area contributed by atoms with Gasteiger partial charge in [-0.2, -0.15) is 11.8 Å². The van der Waals surface area contributed by atoms with Crippen molar-refractivity contribution < 1.29 is 4.74 Å². The van der Waals surface area contributed by atoms with E-state index in [-0.39, 0.29) is 0 Å². The largest absolute Gasteiger partial charge is 0.370 e. The van der Waals surface area contributed by atoms with Gasteiger partial charge in [-0.3, -0.25) is 0 Å². The van der Waals surface area contributed by atoms with Gasteiger partial charge in [0.25, 0.3) is 0 Å². The van der Waals surface area contributed by atoms with Crippen molar-refractivity contribution in [3.63, 3.8) is 0 Å². The molecule has 2 nitrogen and oxygen atoms in total. The Morgan fingerprint density at radius 1 is 1.12 bits per heavy atom. The molecule has 98 valence electrons. The molecule has 2 atom stereocenters. The van der Waals surface area contributed by atoms with Crippen molar-refractivity contribution in [3.8, 4) is 0 Å². The lowest BCUT2D eigenvalue weighted by Gasteiger charge is -2.24. The zero-order valence-corrected chi connectivity index (χ0v) is 11.6. The first-order chi connectivity index (χ1) is 8.36. The number of ether oxygens (including phenoxy) is 1. The number of rotatable bonds is 4. The minimum absolute atomic E-state index is 0.315. The van der Waals surface area contributed by atoms with Gasteiger partial charge in [-0.15, -0.1) is 0 Å². The lowest BCUT2D eigenvalue weighted by molar-refractivity contribution is -0.0352. The molecule has 0 aromatic carbocycles. The topological polar surface area (TPSA) is 21.3 Å². The summed E-state index contributed by atoms with van der Waals surface area (Å²) < 4.78 is 6.31. The lowest BCUT2D eigenvalue weighted by atomic mass is 9.98. The minimum atomic E-state index is 0.315. The summed E-state index contributed by atoms with van der Waals surface area (Å²) >= 11 is 2.11. The van der Waals surface area contributed by atoms with Crippen LogP contribution in [0.2, 0.25) is 0 Å². The van der Waals surface area contributed by atoms with Gasteiger partial charge in [0.15, 0.2) is 0 Å². The minimum Gasteiger partial charge on any atom is -0.370 e. The van der Waals surface area contributed by atoms with Gasteiger partial charge in [0.2, 0.25) is 0 Å². The first-order valence-corrected chi connectivity index (χ1v) is 8.48. The Morgan fingerprint density at radius 3 is 2.76 bits per heavy atom. The standard InChI is InChI=1S/C14H25NOS/c1-2-6-14(5-1)7-3-13(16-14)10-15-9-12-4-8-17-11-12/h12-13,15H,1-11H2. The third-order valence-electron chi connectivity index (χ3n) is 4.68. The second-order valence-corrected chi connectivity index (χ2v) is 7.21. The maximum Gasteiger partial charge on any atom is 0.0708 e. The Balaban J connectivity index is 1.36. The van der Waals surface area contributed by atoms with E-state index in [0.29, 0.717) is 11.7 Å². The van der Waals surface area contributed by atoms with Gasteiger partial charge in [-0.1, -0.05) is 12.8 Å². The molecule has 3 fully saturated rings. The SMILES string of the molecule is C1CCC2(C1)CCC(CNCC1CCSC1)O2. The molecule has 3 heteroatoms. The van der Waals surface area contributed by atoms with Crippen molar-refractivity contribution in [2.75, 3.05) is 24.6 Å². The highest BCUT2D eigenvalue weighted by Gasteiger charge is 2.41. The third kappa shape index (κ3) is 2.99. The van der Waals surface area contributed by atoms with E-state index in [2.05, 4.69) is 17.1 Å².